The number of halogens is 2. The van der Waals surface area contributed by atoms with Crippen molar-refractivity contribution in [1.82, 2.24) is 0 Å². The summed E-state index contributed by atoms with van der Waals surface area (Å²) < 4.78 is 1.55. The van der Waals surface area contributed by atoms with Crippen LogP contribution in [0.2, 0.25) is 0 Å². The lowest BCUT2D eigenvalue weighted by Crippen LogP contribution is -1.96. The SMILES string of the molecule is N#C/C(=C/c1sc(-c2ccc(C=C(c3ccccc3)c3ccccc3)cc2)c(Br)c1Br)C(=O)O. The first-order chi connectivity index (χ1) is 16.5. The van der Waals surface area contributed by atoms with Crippen molar-refractivity contribution in [3.8, 4) is 16.5 Å². The zero-order valence-corrected chi connectivity index (χ0v) is 21.7. The molecule has 0 radical (unpaired) electrons. The van der Waals surface area contributed by atoms with E-state index >= 15 is 0 Å². The van der Waals surface area contributed by atoms with Gasteiger partial charge in [0.2, 0.25) is 0 Å². The molecule has 34 heavy (non-hydrogen) atoms. The Balaban J connectivity index is 1.71. The van der Waals surface area contributed by atoms with E-state index < -0.39 is 5.97 Å². The van der Waals surface area contributed by atoms with E-state index in [1.54, 1.807) is 6.07 Å². The topological polar surface area (TPSA) is 61.1 Å². The molecule has 166 valence electrons. The summed E-state index contributed by atoms with van der Waals surface area (Å²) in [6.45, 7) is 0. The molecule has 0 spiro atoms. The number of aliphatic carboxylic acids is 1. The largest absolute Gasteiger partial charge is 0.477 e. The molecule has 0 saturated carbocycles. The predicted molar refractivity (Wildman–Crippen MR) is 146 cm³/mol. The fourth-order valence-electron chi connectivity index (χ4n) is 3.42. The summed E-state index contributed by atoms with van der Waals surface area (Å²) in [4.78, 5) is 12.8. The van der Waals surface area contributed by atoms with Crippen LogP contribution in [0.1, 0.15) is 21.6 Å². The van der Waals surface area contributed by atoms with E-state index in [1.165, 1.54) is 17.4 Å². The summed E-state index contributed by atoms with van der Waals surface area (Å²) in [5.74, 6) is -1.25. The van der Waals surface area contributed by atoms with Crippen molar-refractivity contribution < 1.29 is 9.90 Å². The second kappa shape index (κ2) is 10.8. The molecule has 6 heteroatoms. The minimum absolute atomic E-state index is 0.309. The average Bonchev–Trinajstić information content (AvgIpc) is 3.15. The highest BCUT2D eigenvalue weighted by molar-refractivity contribution is 9.13. The third-order valence-electron chi connectivity index (χ3n) is 5.10. The van der Waals surface area contributed by atoms with Gasteiger partial charge in [0, 0.05) is 4.88 Å². The van der Waals surface area contributed by atoms with Crippen molar-refractivity contribution in [3.05, 3.63) is 121 Å². The Bertz CT molecular complexity index is 1390. The van der Waals surface area contributed by atoms with Gasteiger partial charge in [-0.3, -0.25) is 0 Å². The van der Waals surface area contributed by atoms with Gasteiger partial charge in [-0.05, 0) is 71.8 Å². The number of thiophene rings is 1. The van der Waals surface area contributed by atoms with Gasteiger partial charge >= 0.3 is 5.97 Å². The lowest BCUT2D eigenvalue weighted by molar-refractivity contribution is -0.132. The van der Waals surface area contributed by atoms with Crippen molar-refractivity contribution in [2.75, 3.05) is 0 Å². The first-order valence-corrected chi connectivity index (χ1v) is 12.6. The van der Waals surface area contributed by atoms with Gasteiger partial charge in [0.25, 0.3) is 0 Å². The van der Waals surface area contributed by atoms with Gasteiger partial charge in [-0.15, -0.1) is 11.3 Å². The Morgan fingerprint density at radius 1 is 0.824 bits per heavy atom. The smallest absolute Gasteiger partial charge is 0.346 e. The molecule has 3 nitrogen and oxygen atoms in total. The number of nitriles is 1. The number of hydrogen-bond donors (Lipinski definition) is 1. The number of nitrogens with zero attached hydrogens (tertiary/aromatic N) is 1. The van der Waals surface area contributed by atoms with E-state index in [-0.39, 0.29) is 5.57 Å². The predicted octanol–water partition coefficient (Wildman–Crippen LogP) is 8.52. The maximum absolute atomic E-state index is 11.2. The second-order valence-corrected chi connectivity index (χ2v) is 9.95. The fraction of sp³-hybridized carbons (Fsp3) is 0. The summed E-state index contributed by atoms with van der Waals surface area (Å²) in [5.41, 5.74) is 5.17. The third kappa shape index (κ3) is 5.28. The summed E-state index contributed by atoms with van der Waals surface area (Å²) in [6, 6.07) is 30.5. The molecule has 4 aromatic rings. The first kappa shape index (κ1) is 23.9. The van der Waals surface area contributed by atoms with E-state index in [4.69, 9.17) is 10.4 Å². The Hall–Kier alpha value is -3.24. The summed E-state index contributed by atoms with van der Waals surface area (Å²) in [6.07, 6.45) is 3.56. The summed E-state index contributed by atoms with van der Waals surface area (Å²) in [5, 5.41) is 18.2. The molecule has 4 rings (SSSR count). The fourth-order valence-corrected chi connectivity index (χ4v) is 5.96. The molecule has 0 aliphatic carbocycles. The van der Waals surface area contributed by atoms with Crippen molar-refractivity contribution in [2.24, 2.45) is 0 Å². The van der Waals surface area contributed by atoms with Crippen LogP contribution in [0.15, 0.2) is 99.4 Å². The number of rotatable bonds is 6. The standard InChI is InChI=1S/C28H17Br2NO2S/c29-25-24(16-22(17-31)28(32)33)34-27(26(25)30)21-13-11-18(12-14-21)15-23(19-7-3-1-4-8-19)20-9-5-2-6-10-20/h1-16H,(H,32,33)/b22-16-. The van der Waals surface area contributed by atoms with E-state index in [9.17, 15) is 4.79 Å². The van der Waals surface area contributed by atoms with Gasteiger partial charge in [0.1, 0.15) is 11.6 Å². The van der Waals surface area contributed by atoms with Gasteiger partial charge in [-0.1, -0.05) is 84.9 Å². The summed E-state index contributed by atoms with van der Waals surface area (Å²) in [7, 11) is 0. The molecular weight excluding hydrogens is 574 g/mol. The maximum atomic E-state index is 11.2. The normalized spacial score (nSPS) is 11.0. The average molecular weight is 591 g/mol. The van der Waals surface area contributed by atoms with E-state index in [0.29, 0.717) is 4.88 Å². The van der Waals surface area contributed by atoms with Crippen LogP contribution in [-0.2, 0) is 4.79 Å². The zero-order chi connectivity index (χ0) is 24.1. The van der Waals surface area contributed by atoms with Crippen molar-refractivity contribution in [1.29, 1.82) is 5.26 Å². The Morgan fingerprint density at radius 2 is 1.38 bits per heavy atom. The highest BCUT2D eigenvalue weighted by Gasteiger charge is 2.17. The Kier molecular flexibility index (Phi) is 7.59. The van der Waals surface area contributed by atoms with Gasteiger partial charge in [0.15, 0.2) is 0 Å². The third-order valence-corrected chi connectivity index (χ3v) is 8.96. The molecule has 0 fully saturated rings. The molecular formula is C28H17Br2NO2S. The van der Waals surface area contributed by atoms with Gasteiger partial charge in [-0.2, -0.15) is 5.26 Å². The molecule has 0 unspecified atom stereocenters. The lowest BCUT2D eigenvalue weighted by atomic mass is 9.95. The molecule has 0 saturated heterocycles. The Labute approximate surface area is 218 Å². The molecule has 0 amide bonds. The van der Waals surface area contributed by atoms with Crippen LogP contribution in [0.5, 0.6) is 0 Å². The summed E-state index contributed by atoms with van der Waals surface area (Å²) >= 11 is 8.52. The van der Waals surface area contributed by atoms with Gasteiger partial charge in [-0.25, -0.2) is 4.79 Å². The molecule has 0 aliphatic heterocycles. The van der Waals surface area contributed by atoms with Crippen LogP contribution in [0.4, 0.5) is 0 Å². The molecule has 0 atom stereocenters. The molecule has 1 aromatic heterocycles. The highest BCUT2D eigenvalue weighted by Crippen LogP contribution is 2.44. The molecule has 3 aromatic carbocycles. The quantitative estimate of drug-likeness (QED) is 0.139. The first-order valence-electron chi connectivity index (χ1n) is 10.2. The van der Waals surface area contributed by atoms with Crippen molar-refractivity contribution >= 4 is 66.9 Å². The highest BCUT2D eigenvalue weighted by atomic mass is 79.9. The second-order valence-electron chi connectivity index (χ2n) is 7.31. The minimum atomic E-state index is -1.25. The molecule has 0 aliphatic rings. The molecule has 1 heterocycles. The molecule has 1 N–H and O–H groups in total. The van der Waals surface area contributed by atoms with E-state index in [0.717, 1.165) is 41.6 Å². The van der Waals surface area contributed by atoms with Crippen molar-refractivity contribution in [2.45, 2.75) is 0 Å². The lowest BCUT2D eigenvalue weighted by Gasteiger charge is -2.09. The number of carbonyl (C=O) groups is 1. The van der Waals surface area contributed by atoms with Crippen molar-refractivity contribution in [3.63, 3.8) is 0 Å². The Morgan fingerprint density at radius 3 is 1.88 bits per heavy atom. The van der Waals surface area contributed by atoms with Crippen LogP contribution in [-0.4, -0.2) is 11.1 Å². The van der Waals surface area contributed by atoms with Crippen LogP contribution in [0.3, 0.4) is 0 Å². The monoisotopic (exact) mass is 589 g/mol. The van der Waals surface area contributed by atoms with Gasteiger partial charge in [0.05, 0.1) is 13.8 Å². The van der Waals surface area contributed by atoms with Gasteiger partial charge < -0.3 is 5.11 Å². The minimum Gasteiger partial charge on any atom is -0.477 e. The number of benzene rings is 3. The number of carboxylic acid groups (broad SMARTS) is 1. The van der Waals surface area contributed by atoms with Crippen LogP contribution >= 0.6 is 43.2 Å². The van der Waals surface area contributed by atoms with Crippen LogP contribution in [0.25, 0.3) is 28.2 Å². The number of hydrogen-bond acceptors (Lipinski definition) is 3. The van der Waals surface area contributed by atoms with E-state index in [2.05, 4.69) is 74.3 Å². The maximum Gasteiger partial charge on any atom is 0.346 e. The number of carboxylic acids is 1. The van der Waals surface area contributed by atoms with Crippen LogP contribution in [0, 0.1) is 11.3 Å². The van der Waals surface area contributed by atoms with Crippen LogP contribution < -0.4 is 0 Å². The molecule has 0 bridgehead atoms. The zero-order valence-electron chi connectivity index (χ0n) is 17.7. The van der Waals surface area contributed by atoms with E-state index in [1.807, 2.05) is 48.5 Å².